The van der Waals surface area contributed by atoms with Gasteiger partial charge in [-0.25, -0.2) is 5.43 Å². The Hall–Kier alpha value is -3.02. The van der Waals surface area contributed by atoms with Gasteiger partial charge in [0.05, 0.1) is 6.21 Å². The summed E-state index contributed by atoms with van der Waals surface area (Å²) in [6, 6.07) is 11.1. The summed E-state index contributed by atoms with van der Waals surface area (Å²) in [6.07, 6.45) is 1.57. The maximum absolute atomic E-state index is 12.2. The number of aryl methyl sites for hydroxylation is 2. The van der Waals surface area contributed by atoms with E-state index in [-0.39, 0.29) is 12.7 Å². The normalized spacial score (nSPS) is 13.7. The van der Waals surface area contributed by atoms with E-state index in [1.54, 1.807) is 13.1 Å². The standard InChI is InChI=1S/C19H21N3O3/c1-12-4-6-16(13(2)8-12)21-14(3)19(23)22-20-10-15-5-7-17-18(9-15)25-11-24-17/h4-10,14,21H,11H2,1-3H3,(H,22,23)/b20-10-/t14-/m0/s1. The Morgan fingerprint density at radius 3 is 2.76 bits per heavy atom. The van der Waals surface area contributed by atoms with Crippen molar-refractivity contribution in [3.8, 4) is 11.5 Å². The van der Waals surface area contributed by atoms with E-state index in [0.29, 0.717) is 11.5 Å². The predicted molar refractivity (Wildman–Crippen MR) is 97.3 cm³/mol. The number of carbonyl (C=O) groups is 1. The third kappa shape index (κ3) is 4.09. The maximum Gasteiger partial charge on any atom is 0.262 e. The van der Waals surface area contributed by atoms with E-state index in [0.717, 1.165) is 16.8 Å². The van der Waals surface area contributed by atoms with Crippen molar-refractivity contribution in [2.24, 2.45) is 5.10 Å². The molecule has 0 saturated heterocycles. The fourth-order valence-electron chi connectivity index (χ4n) is 2.54. The van der Waals surface area contributed by atoms with Crippen LogP contribution in [0.1, 0.15) is 23.6 Å². The Labute approximate surface area is 146 Å². The highest BCUT2D eigenvalue weighted by atomic mass is 16.7. The van der Waals surface area contributed by atoms with Crippen LogP contribution in [0.15, 0.2) is 41.5 Å². The van der Waals surface area contributed by atoms with E-state index in [9.17, 15) is 4.79 Å². The Morgan fingerprint density at radius 1 is 1.16 bits per heavy atom. The van der Waals surface area contributed by atoms with E-state index in [2.05, 4.69) is 21.9 Å². The molecule has 0 saturated carbocycles. The van der Waals surface area contributed by atoms with Crippen molar-refractivity contribution >= 4 is 17.8 Å². The number of nitrogens with one attached hydrogen (secondary N) is 2. The molecule has 0 bridgehead atoms. The van der Waals surface area contributed by atoms with E-state index in [1.165, 1.54) is 5.56 Å². The lowest BCUT2D eigenvalue weighted by Crippen LogP contribution is -2.35. The van der Waals surface area contributed by atoms with Crippen LogP contribution in [0.25, 0.3) is 0 Å². The molecule has 1 atom stereocenters. The molecule has 0 radical (unpaired) electrons. The summed E-state index contributed by atoms with van der Waals surface area (Å²) >= 11 is 0. The molecule has 0 spiro atoms. The third-order valence-electron chi connectivity index (χ3n) is 3.93. The average Bonchev–Trinajstić information content (AvgIpc) is 3.05. The molecule has 0 aliphatic carbocycles. The summed E-state index contributed by atoms with van der Waals surface area (Å²) in [5.74, 6) is 1.18. The molecule has 2 N–H and O–H groups in total. The molecule has 1 aliphatic heterocycles. The van der Waals surface area contributed by atoms with Crippen LogP contribution in [0.4, 0.5) is 5.69 Å². The molecule has 1 amide bonds. The largest absolute Gasteiger partial charge is 0.454 e. The number of amides is 1. The smallest absolute Gasteiger partial charge is 0.262 e. The van der Waals surface area contributed by atoms with Gasteiger partial charge in [-0.05, 0) is 56.2 Å². The summed E-state index contributed by atoms with van der Waals surface area (Å²) in [5.41, 5.74) is 6.59. The highest BCUT2D eigenvalue weighted by Crippen LogP contribution is 2.31. The van der Waals surface area contributed by atoms with Crippen molar-refractivity contribution in [1.82, 2.24) is 5.43 Å². The van der Waals surface area contributed by atoms with Gasteiger partial charge in [0.15, 0.2) is 11.5 Å². The summed E-state index contributed by atoms with van der Waals surface area (Å²) in [5, 5.41) is 7.20. The molecule has 0 aromatic heterocycles. The van der Waals surface area contributed by atoms with Crippen molar-refractivity contribution in [3.05, 3.63) is 53.1 Å². The fourth-order valence-corrected chi connectivity index (χ4v) is 2.54. The molecule has 130 valence electrons. The van der Waals surface area contributed by atoms with Crippen LogP contribution in [0.3, 0.4) is 0 Å². The topological polar surface area (TPSA) is 72.0 Å². The maximum atomic E-state index is 12.2. The molecule has 2 aromatic rings. The highest BCUT2D eigenvalue weighted by molar-refractivity contribution is 5.87. The monoisotopic (exact) mass is 339 g/mol. The molecule has 1 heterocycles. The van der Waals surface area contributed by atoms with Crippen LogP contribution in [0.5, 0.6) is 11.5 Å². The van der Waals surface area contributed by atoms with Crippen molar-refractivity contribution in [3.63, 3.8) is 0 Å². The number of hydrogen-bond donors (Lipinski definition) is 2. The number of fused-ring (bicyclic) bond motifs is 1. The van der Waals surface area contributed by atoms with Gasteiger partial charge in [-0.15, -0.1) is 0 Å². The van der Waals surface area contributed by atoms with E-state index < -0.39 is 6.04 Å². The zero-order valence-electron chi connectivity index (χ0n) is 14.5. The fraction of sp³-hybridized carbons (Fsp3) is 0.263. The van der Waals surface area contributed by atoms with E-state index in [1.807, 2.05) is 44.2 Å². The van der Waals surface area contributed by atoms with Gasteiger partial charge in [0.1, 0.15) is 6.04 Å². The number of anilines is 1. The molecule has 0 unspecified atom stereocenters. The number of rotatable bonds is 5. The number of ether oxygens (including phenoxy) is 2. The SMILES string of the molecule is Cc1ccc(N[C@@H](C)C(=O)N/N=C\c2ccc3c(c2)OCO3)c(C)c1. The van der Waals surface area contributed by atoms with Gasteiger partial charge in [-0.3, -0.25) is 4.79 Å². The molecule has 6 nitrogen and oxygen atoms in total. The van der Waals surface area contributed by atoms with E-state index >= 15 is 0 Å². The van der Waals surface area contributed by atoms with Gasteiger partial charge in [-0.1, -0.05) is 17.7 Å². The van der Waals surface area contributed by atoms with Gasteiger partial charge >= 0.3 is 0 Å². The molecule has 2 aromatic carbocycles. The average molecular weight is 339 g/mol. The number of benzene rings is 2. The Kier molecular flexibility index (Phi) is 4.88. The zero-order chi connectivity index (χ0) is 17.8. The Balaban J connectivity index is 1.56. The van der Waals surface area contributed by atoms with Gasteiger partial charge in [0.25, 0.3) is 5.91 Å². The second-order valence-electron chi connectivity index (χ2n) is 6.03. The number of hydrogen-bond acceptors (Lipinski definition) is 5. The number of hydrazone groups is 1. The highest BCUT2D eigenvalue weighted by Gasteiger charge is 2.14. The molecule has 3 rings (SSSR count). The first kappa shape index (κ1) is 16.8. The first-order chi connectivity index (χ1) is 12.0. The lowest BCUT2D eigenvalue weighted by molar-refractivity contribution is -0.121. The molecular formula is C19H21N3O3. The minimum Gasteiger partial charge on any atom is -0.454 e. The Bertz CT molecular complexity index is 818. The van der Waals surface area contributed by atoms with Crippen LogP contribution in [-0.4, -0.2) is 25.0 Å². The first-order valence-electron chi connectivity index (χ1n) is 8.09. The molecule has 1 aliphatic rings. The van der Waals surface area contributed by atoms with E-state index in [4.69, 9.17) is 9.47 Å². The van der Waals surface area contributed by atoms with Gasteiger partial charge in [0, 0.05) is 5.69 Å². The zero-order valence-corrected chi connectivity index (χ0v) is 14.5. The van der Waals surface area contributed by atoms with Crippen molar-refractivity contribution in [2.45, 2.75) is 26.8 Å². The minimum absolute atomic E-state index is 0.211. The molecular weight excluding hydrogens is 318 g/mol. The number of carbonyl (C=O) groups excluding carboxylic acids is 1. The van der Waals surface area contributed by atoms with Crippen LogP contribution in [-0.2, 0) is 4.79 Å². The lowest BCUT2D eigenvalue weighted by atomic mass is 10.1. The van der Waals surface area contributed by atoms with Gasteiger partial charge in [0.2, 0.25) is 6.79 Å². The molecule has 6 heteroatoms. The second-order valence-corrected chi connectivity index (χ2v) is 6.03. The Morgan fingerprint density at radius 2 is 1.96 bits per heavy atom. The summed E-state index contributed by atoms with van der Waals surface area (Å²) in [6.45, 7) is 6.08. The predicted octanol–water partition coefficient (Wildman–Crippen LogP) is 2.98. The van der Waals surface area contributed by atoms with Crippen LogP contribution in [0.2, 0.25) is 0 Å². The van der Waals surface area contributed by atoms with Crippen LogP contribution >= 0.6 is 0 Å². The number of nitrogens with zero attached hydrogens (tertiary/aromatic N) is 1. The van der Waals surface area contributed by atoms with Crippen LogP contribution < -0.4 is 20.2 Å². The van der Waals surface area contributed by atoms with Crippen LogP contribution in [0, 0.1) is 13.8 Å². The van der Waals surface area contributed by atoms with Crippen molar-refractivity contribution in [2.75, 3.05) is 12.1 Å². The van der Waals surface area contributed by atoms with Gasteiger partial charge < -0.3 is 14.8 Å². The van der Waals surface area contributed by atoms with Crippen molar-refractivity contribution in [1.29, 1.82) is 0 Å². The second kappa shape index (κ2) is 7.25. The quantitative estimate of drug-likeness (QED) is 0.649. The van der Waals surface area contributed by atoms with Gasteiger partial charge in [-0.2, -0.15) is 5.10 Å². The van der Waals surface area contributed by atoms with Crippen molar-refractivity contribution < 1.29 is 14.3 Å². The summed E-state index contributed by atoms with van der Waals surface area (Å²) < 4.78 is 10.6. The summed E-state index contributed by atoms with van der Waals surface area (Å²) in [7, 11) is 0. The minimum atomic E-state index is -0.407. The lowest BCUT2D eigenvalue weighted by Gasteiger charge is -2.15. The summed E-state index contributed by atoms with van der Waals surface area (Å²) in [4.78, 5) is 12.2. The third-order valence-corrected chi connectivity index (χ3v) is 3.93. The first-order valence-corrected chi connectivity index (χ1v) is 8.09. The molecule has 25 heavy (non-hydrogen) atoms. The molecule has 0 fully saturated rings.